The molecule has 0 aliphatic rings. The molecule has 0 saturated heterocycles. The van der Waals surface area contributed by atoms with Gasteiger partial charge in [-0.15, -0.1) is 0 Å². The highest BCUT2D eigenvalue weighted by atomic mass is 16.5. The van der Waals surface area contributed by atoms with E-state index in [2.05, 4.69) is 21.4 Å². The second kappa shape index (κ2) is 8.61. The molecule has 0 fully saturated rings. The number of carbonyl (C=O) groups excluding carboxylic acids is 1. The van der Waals surface area contributed by atoms with Crippen molar-refractivity contribution in [3.63, 3.8) is 0 Å². The summed E-state index contributed by atoms with van der Waals surface area (Å²) in [6, 6.07) is 19.9. The van der Waals surface area contributed by atoms with Crippen molar-refractivity contribution in [3.8, 4) is 5.75 Å². The molecular formula is C24H23N3O2. The lowest BCUT2D eigenvalue weighted by Crippen LogP contribution is -2.25. The first-order valence-electron chi connectivity index (χ1n) is 9.60. The first-order chi connectivity index (χ1) is 14.2. The van der Waals surface area contributed by atoms with Gasteiger partial charge in [-0.1, -0.05) is 30.3 Å². The number of ether oxygens (including phenoxy) is 1. The number of methoxy groups -OCH3 is 1. The number of aromatic nitrogens is 2. The van der Waals surface area contributed by atoms with Crippen LogP contribution in [0.1, 0.15) is 29.0 Å². The zero-order valence-electron chi connectivity index (χ0n) is 16.3. The van der Waals surface area contributed by atoms with Gasteiger partial charge in [-0.25, -0.2) is 0 Å². The van der Waals surface area contributed by atoms with Crippen LogP contribution in [0.25, 0.3) is 10.9 Å². The summed E-state index contributed by atoms with van der Waals surface area (Å²) in [4.78, 5) is 20.1. The second-order valence-corrected chi connectivity index (χ2v) is 6.95. The van der Waals surface area contributed by atoms with Gasteiger partial charge in [-0.3, -0.25) is 9.78 Å². The van der Waals surface area contributed by atoms with Gasteiger partial charge in [0.1, 0.15) is 5.75 Å². The Labute approximate surface area is 169 Å². The van der Waals surface area contributed by atoms with E-state index in [0.29, 0.717) is 13.0 Å². The number of aromatic amines is 1. The number of fused-ring (bicyclic) bond motifs is 1. The summed E-state index contributed by atoms with van der Waals surface area (Å²) in [6.07, 6.45) is 5.83. The molecule has 146 valence electrons. The largest absolute Gasteiger partial charge is 0.497 e. The fourth-order valence-electron chi connectivity index (χ4n) is 3.58. The molecule has 2 N–H and O–H groups in total. The average Bonchev–Trinajstić information content (AvgIpc) is 3.21. The summed E-state index contributed by atoms with van der Waals surface area (Å²) < 4.78 is 5.29. The molecule has 1 unspecified atom stereocenters. The van der Waals surface area contributed by atoms with Crippen LogP contribution in [-0.2, 0) is 11.3 Å². The van der Waals surface area contributed by atoms with Gasteiger partial charge >= 0.3 is 0 Å². The van der Waals surface area contributed by atoms with E-state index in [1.807, 2.05) is 60.8 Å². The minimum absolute atomic E-state index is 0.00733. The van der Waals surface area contributed by atoms with Gasteiger partial charge < -0.3 is 15.0 Å². The van der Waals surface area contributed by atoms with E-state index in [1.165, 1.54) is 0 Å². The molecule has 1 atom stereocenters. The highest BCUT2D eigenvalue weighted by molar-refractivity contribution is 5.86. The van der Waals surface area contributed by atoms with Crippen molar-refractivity contribution in [2.45, 2.75) is 18.9 Å². The number of nitrogens with one attached hydrogen (secondary N) is 2. The Morgan fingerprint density at radius 3 is 2.59 bits per heavy atom. The van der Waals surface area contributed by atoms with E-state index in [1.54, 1.807) is 19.5 Å². The normalized spacial score (nSPS) is 11.9. The Morgan fingerprint density at radius 2 is 1.83 bits per heavy atom. The summed E-state index contributed by atoms with van der Waals surface area (Å²) in [6.45, 7) is 0.491. The number of amides is 1. The number of H-pyrrole nitrogens is 1. The Hall–Kier alpha value is -3.60. The quantitative estimate of drug-likeness (QED) is 0.495. The predicted molar refractivity (Wildman–Crippen MR) is 114 cm³/mol. The van der Waals surface area contributed by atoms with Gasteiger partial charge in [0.15, 0.2) is 0 Å². The molecule has 2 aromatic heterocycles. The zero-order chi connectivity index (χ0) is 20.1. The summed E-state index contributed by atoms with van der Waals surface area (Å²) in [5.74, 6) is 0.746. The van der Waals surface area contributed by atoms with Gasteiger partial charge in [0.05, 0.1) is 7.11 Å². The standard InChI is InChI=1S/C24H23N3O2/c1-29-19-8-6-18(7-9-19)21(22-16-26-23-5-3-2-4-20(22)23)14-24(28)27-15-17-10-12-25-13-11-17/h2-13,16,21,26H,14-15H2,1H3,(H,27,28). The molecule has 0 bridgehead atoms. The molecule has 0 aliphatic carbocycles. The Bertz CT molecular complexity index is 1090. The molecule has 2 aromatic carbocycles. The summed E-state index contributed by atoms with van der Waals surface area (Å²) in [5, 5.41) is 4.16. The number of hydrogen-bond donors (Lipinski definition) is 2. The minimum atomic E-state index is -0.0607. The van der Waals surface area contributed by atoms with Crippen molar-refractivity contribution in [3.05, 3.63) is 95.9 Å². The van der Waals surface area contributed by atoms with E-state index >= 15 is 0 Å². The maximum atomic E-state index is 12.8. The van der Waals surface area contributed by atoms with Crippen molar-refractivity contribution < 1.29 is 9.53 Å². The molecule has 29 heavy (non-hydrogen) atoms. The van der Waals surface area contributed by atoms with Crippen molar-refractivity contribution in [1.29, 1.82) is 0 Å². The fourth-order valence-corrected chi connectivity index (χ4v) is 3.58. The summed E-state index contributed by atoms with van der Waals surface area (Å²) in [5.41, 5.74) is 4.29. The lowest BCUT2D eigenvalue weighted by molar-refractivity contribution is -0.121. The molecule has 0 saturated carbocycles. The van der Waals surface area contributed by atoms with E-state index in [0.717, 1.165) is 33.3 Å². The van der Waals surface area contributed by atoms with Crippen LogP contribution in [0.4, 0.5) is 0 Å². The van der Waals surface area contributed by atoms with Crippen molar-refractivity contribution in [2.75, 3.05) is 7.11 Å². The number of nitrogens with zero attached hydrogens (tertiary/aromatic N) is 1. The fraction of sp³-hybridized carbons (Fsp3) is 0.167. The van der Waals surface area contributed by atoms with Crippen LogP contribution in [0.5, 0.6) is 5.75 Å². The smallest absolute Gasteiger partial charge is 0.221 e. The highest BCUT2D eigenvalue weighted by Crippen LogP contribution is 2.34. The lowest BCUT2D eigenvalue weighted by Gasteiger charge is -2.18. The summed E-state index contributed by atoms with van der Waals surface area (Å²) in [7, 11) is 1.65. The maximum absolute atomic E-state index is 12.8. The number of para-hydroxylation sites is 1. The highest BCUT2D eigenvalue weighted by Gasteiger charge is 2.21. The zero-order valence-corrected chi connectivity index (χ0v) is 16.3. The maximum Gasteiger partial charge on any atom is 0.221 e. The molecule has 5 heteroatoms. The summed E-state index contributed by atoms with van der Waals surface area (Å²) >= 11 is 0. The number of hydrogen-bond acceptors (Lipinski definition) is 3. The first-order valence-corrected chi connectivity index (χ1v) is 9.60. The Kier molecular flexibility index (Phi) is 5.56. The Balaban J connectivity index is 1.60. The van der Waals surface area contributed by atoms with E-state index in [4.69, 9.17) is 4.74 Å². The first kappa shape index (κ1) is 18.7. The number of benzene rings is 2. The molecule has 2 heterocycles. The van der Waals surface area contributed by atoms with Gasteiger partial charge in [0.2, 0.25) is 5.91 Å². The third-order valence-electron chi connectivity index (χ3n) is 5.14. The molecule has 1 amide bonds. The number of carbonyl (C=O) groups is 1. The third-order valence-corrected chi connectivity index (χ3v) is 5.14. The average molecular weight is 385 g/mol. The van der Waals surface area contributed by atoms with Crippen molar-refractivity contribution >= 4 is 16.8 Å². The van der Waals surface area contributed by atoms with E-state index in [9.17, 15) is 4.79 Å². The van der Waals surface area contributed by atoms with Crippen molar-refractivity contribution in [2.24, 2.45) is 0 Å². The minimum Gasteiger partial charge on any atom is -0.497 e. The van der Waals surface area contributed by atoms with Gasteiger partial charge in [0, 0.05) is 48.4 Å². The third kappa shape index (κ3) is 4.29. The van der Waals surface area contributed by atoms with Crippen LogP contribution in [0.2, 0.25) is 0 Å². The molecular weight excluding hydrogens is 362 g/mol. The Morgan fingerprint density at radius 1 is 1.07 bits per heavy atom. The van der Waals surface area contributed by atoms with Gasteiger partial charge in [-0.05, 0) is 47.0 Å². The second-order valence-electron chi connectivity index (χ2n) is 6.95. The van der Waals surface area contributed by atoms with Crippen LogP contribution in [-0.4, -0.2) is 23.0 Å². The molecule has 4 aromatic rings. The van der Waals surface area contributed by atoms with Crippen LogP contribution in [0.3, 0.4) is 0 Å². The van der Waals surface area contributed by atoms with Crippen LogP contribution < -0.4 is 10.1 Å². The predicted octanol–water partition coefficient (Wildman–Crippen LogP) is 4.41. The van der Waals surface area contributed by atoms with Crippen LogP contribution >= 0.6 is 0 Å². The van der Waals surface area contributed by atoms with Crippen molar-refractivity contribution in [1.82, 2.24) is 15.3 Å². The molecule has 0 aliphatic heterocycles. The van der Waals surface area contributed by atoms with E-state index in [-0.39, 0.29) is 11.8 Å². The molecule has 0 spiro atoms. The molecule has 5 nitrogen and oxygen atoms in total. The van der Waals surface area contributed by atoms with E-state index < -0.39 is 0 Å². The lowest BCUT2D eigenvalue weighted by atomic mass is 9.88. The van der Waals surface area contributed by atoms with Gasteiger partial charge in [-0.2, -0.15) is 0 Å². The monoisotopic (exact) mass is 385 g/mol. The number of pyridine rings is 1. The number of rotatable bonds is 7. The molecule has 0 radical (unpaired) electrons. The van der Waals surface area contributed by atoms with Gasteiger partial charge in [0.25, 0.3) is 0 Å². The van der Waals surface area contributed by atoms with Crippen LogP contribution in [0.15, 0.2) is 79.3 Å². The topological polar surface area (TPSA) is 67.0 Å². The SMILES string of the molecule is COc1ccc(C(CC(=O)NCc2ccncc2)c2c[nH]c3ccccc23)cc1. The molecule has 4 rings (SSSR count). The van der Waals surface area contributed by atoms with Crippen LogP contribution in [0, 0.1) is 0 Å².